The summed E-state index contributed by atoms with van der Waals surface area (Å²) in [5, 5.41) is 32.0. The van der Waals surface area contributed by atoms with Gasteiger partial charge < -0.3 is 15.3 Å². The Kier molecular flexibility index (Phi) is 5.84. The van der Waals surface area contributed by atoms with Gasteiger partial charge in [0.2, 0.25) is 0 Å². The van der Waals surface area contributed by atoms with Crippen LogP contribution in [-0.2, 0) is 10.8 Å². The van der Waals surface area contributed by atoms with Crippen LogP contribution in [0.15, 0.2) is 36.4 Å². The van der Waals surface area contributed by atoms with Crippen molar-refractivity contribution in [3.05, 3.63) is 64.2 Å². The molecule has 0 aliphatic carbocycles. The van der Waals surface area contributed by atoms with Crippen LogP contribution >= 0.6 is 0 Å². The molecule has 0 radical (unpaired) electrons. The number of hydrogen-bond acceptors (Lipinski definition) is 3. The Balaban J connectivity index is 2.58. The zero-order chi connectivity index (χ0) is 24.2. The number of aromatic hydroxyl groups is 3. The lowest BCUT2D eigenvalue weighted by Gasteiger charge is -2.30. The predicted molar refractivity (Wildman–Crippen MR) is 134 cm³/mol. The molecule has 3 heteroatoms. The maximum absolute atomic E-state index is 11.2. The first kappa shape index (κ1) is 23.7. The first-order valence-electron chi connectivity index (χ1n) is 11.1. The molecular formula is C29H36O3. The van der Waals surface area contributed by atoms with Crippen LogP contribution in [0.4, 0.5) is 0 Å². The minimum Gasteiger partial charge on any atom is -0.508 e. The molecule has 0 heterocycles. The summed E-state index contributed by atoms with van der Waals surface area (Å²) in [5.74, 6) is 0.671. The molecule has 3 N–H and O–H groups in total. The zero-order valence-electron chi connectivity index (χ0n) is 20.8. The summed E-state index contributed by atoms with van der Waals surface area (Å²) < 4.78 is 0. The Bertz CT molecular complexity index is 1090. The monoisotopic (exact) mass is 432 g/mol. The highest BCUT2D eigenvalue weighted by molar-refractivity contribution is 5.94. The van der Waals surface area contributed by atoms with Crippen molar-refractivity contribution in [2.45, 2.75) is 73.1 Å². The fourth-order valence-corrected chi connectivity index (χ4v) is 4.65. The Morgan fingerprint density at radius 1 is 0.500 bits per heavy atom. The average Bonchev–Trinajstić information content (AvgIpc) is 2.62. The molecule has 0 aliphatic heterocycles. The van der Waals surface area contributed by atoms with Gasteiger partial charge in [0.25, 0.3) is 0 Å². The van der Waals surface area contributed by atoms with Gasteiger partial charge in [-0.2, -0.15) is 0 Å². The van der Waals surface area contributed by atoms with E-state index in [9.17, 15) is 15.3 Å². The highest BCUT2D eigenvalue weighted by Crippen LogP contribution is 2.50. The molecular weight excluding hydrogens is 396 g/mol. The lowest BCUT2D eigenvalue weighted by Crippen LogP contribution is -2.16. The van der Waals surface area contributed by atoms with Crippen molar-refractivity contribution in [1.29, 1.82) is 0 Å². The smallest absolute Gasteiger partial charge is 0.124 e. The van der Waals surface area contributed by atoms with E-state index < -0.39 is 0 Å². The van der Waals surface area contributed by atoms with Crippen molar-refractivity contribution in [1.82, 2.24) is 0 Å². The fraction of sp³-hybridized carbons (Fsp3) is 0.379. The third kappa shape index (κ3) is 4.21. The Morgan fingerprint density at radius 3 is 1.31 bits per heavy atom. The van der Waals surface area contributed by atoms with E-state index in [2.05, 4.69) is 48.5 Å². The van der Waals surface area contributed by atoms with Crippen molar-refractivity contribution < 1.29 is 15.3 Å². The van der Waals surface area contributed by atoms with Crippen LogP contribution in [0, 0.1) is 20.8 Å². The van der Waals surface area contributed by atoms with E-state index >= 15 is 0 Å². The lowest BCUT2D eigenvalue weighted by molar-refractivity contribution is 0.469. The number of benzene rings is 3. The zero-order valence-corrected chi connectivity index (χ0v) is 20.8. The standard InChI is InChI=1S/C29H36O3/c1-16-10-11-23(32)27(25-18(3)13-20(31)15-22(25)29(7,8)9)26(16)24-17(2)12-19(30)14-21(24)28(4,5)6/h10-15,30-32H,1-9H3. The molecule has 0 atom stereocenters. The molecule has 0 fully saturated rings. The van der Waals surface area contributed by atoms with E-state index in [4.69, 9.17) is 0 Å². The summed E-state index contributed by atoms with van der Waals surface area (Å²) >= 11 is 0. The van der Waals surface area contributed by atoms with Crippen LogP contribution in [0.1, 0.15) is 69.4 Å². The van der Waals surface area contributed by atoms with E-state index in [1.54, 1.807) is 18.2 Å². The Morgan fingerprint density at radius 2 is 0.906 bits per heavy atom. The molecule has 170 valence electrons. The minimum absolute atomic E-state index is 0.206. The van der Waals surface area contributed by atoms with E-state index in [1.165, 1.54) is 0 Å². The quantitative estimate of drug-likeness (QED) is 0.389. The van der Waals surface area contributed by atoms with E-state index in [1.807, 2.05) is 32.0 Å². The van der Waals surface area contributed by atoms with Crippen LogP contribution in [0.25, 0.3) is 22.3 Å². The van der Waals surface area contributed by atoms with Crippen LogP contribution < -0.4 is 0 Å². The van der Waals surface area contributed by atoms with E-state index in [0.29, 0.717) is 0 Å². The highest BCUT2D eigenvalue weighted by atomic mass is 16.3. The normalized spacial score (nSPS) is 12.3. The molecule has 0 saturated carbocycles. The first-order chi connectivity index (χ1) is 14.6. The number of phenolic OH excluding ortho intramolecular Hbond substituents is 3. The van der Waals surface area contributed by atoms with Crippen molar-refractivity contribution in [3.63, 3.8) is 0 Å². The van der Waals surface area contributed by atoms with E-state index in [0.717, 1.165) is 50.1 Å². The van der Waals surface area contributed by atoms with Gasteiger partial charge >= 0.3 is 0 Å². The van der Waals surface area contributed by atoms with E-state index in [-0.39, 0.29) is 28.1 Å². The van der Waals surface area contributed by atoms with Crippen molar-refractivity contribution in [2.24, 2.45) is 0 Å². The first-order valence-corrected chi connectivity index (χ1v) is 11.1. The molecule has 32 heavy (non-hydrogen) atoms. The molecule has 0 saturated heterocycles. The molecule has 3 aromatic carbocycles. The van der Waals surface area contributed by atoms with Crippen LogP contribution in [0.3, 0.4) is 0 Å². The van der Waals surface area contributed by atoms with Gasteiger partial charge in [-0.1, -0.05) is 47.6 Å². The van der Waals surface area contributed by atoms with Gasteiger partial charge in [-0.3, -0.25) is 0 Å². The Hall–Kier alpha value is -2.94. The summed E-state index contributed by atoms with van der Waals surface area (Å²) in [6, 6.07) is 10.9. The lowest BCUT2D eigenvalue weighted by atomic mass is 9.74. The molecule has 0 bridgehead atoms. The van der Waals surface area contributed by atoms with Crippen molar-refractivity contribution in [2.75, 3.05) is 0 Å². The molecule has 0 spiro atoms. The van der Waals surface area contributed by atoms with Gasteiger partial charge in [-0.25, -0.2) is 0 Å². The molecule has 0 amide bonds. The van der Waals surface area contributed by atoms with Gasteiger partial charge in [0, 0.05) is 5.56 Å². The number of rotatable bonds is 2. The van der Waals surface area contributed by atoms with Gasteiger partial charge in [-0.15, -0.1) is 0 Å². The second kappa shape index (κ2) is 7.88. The second-order valence-corrected chi connectivity index (χ2v) is 11.0. The molecule has 0 aliphatic rings. The van der Waals surface area contributed by atoms with Crippen molar-refractivity contribution in [3.8, 4) is 39.5 Å². The summed E-state index contributed by atoms with van der Waals surface area (Å²) in [4.78, 5) is 0. The topological polar surface area (TPSA) is 60.7 Å². The number of phenols is 3. The maximum atomic E-state index is 11.2. The highest BCUT2D eigenvalue weighted by Gasteiger charge is 2.29. The summed E-state index contributed by atoms with van der Waals surface area (Å²) in [5.41, 5.74) is 8.16. The molecule has 3 nitrogen and oxygen atoms in total. The Labute approximate surface area is 192 Å². The second-order valence-electron chi connectivity index (χ2n) is 11.0. The molecule has 3 rings (SSSR count). The summed E-state index contributed by atoms with van der Waals surface area (Å²) in [6.07, 6.45) is 0. The SMILES string of the molecule is Cc1cc(O)cc(C(C)(C)C)c1-c1c(C)ccc(O)c1-c1c(C)cc(O)cc1C(C)(C)C. The maximum Gasteiger partial charge on any atom is 0.124 e. The van der Waals surface area contributed by atoms with Gasteiger partial charge in [0.1, 0.15) is 17.2 Å². The van der Waals surface area contributed by atoms with Gasteiger partial charge in [0.15, 0.2) is 0 Å². The molecule has 0 unspecified atom stereocenters. The van der Waals surface area contributed by atoms with Crippen LogP contribution in [-0.4, -0.2) is 15.3 Å². The molecule has 0 aromatic heterocycles. The van der Waals surface area contributed by atoms with Crippen LogP contribution in [0.5, 0.6) is 17.2 Å². The number of aryl methyl sites for hydroxylation is 3. The fourth-order valence-electron chi connectivity index (χ4n) is 4.65. The van der Waals surface area contributed by atoms with Crippen molar-refractivity contribution >= 4 is 0 Å². The largest absolute Gasteiger partial charge is 0.508 e. The minimum atomic E-state index is -0.247. The third-order valence-corrected chi connectivity index (χ3v) is 6.15. The van der Waals surface area contributed by atoms with Gasteiger partial charge in [-0.05, 0) is 106 Å². The average molecular weight is 433 g/mol. The van der Waals surface area contributed by atoms with Gasteiger partial charge in [0.05, 0.1) is 0 Å². The summed E-state index contributed by atoms with van der Waals surface area (Å²) in [7, 11) is 0. The summed E-state index contributed by atoms with van der Waals surface area (Å²) in [6.45, 7) is 18.8. The molecule has 3 aromatic rings. The third-order valence-electron chi connectivity index (χ3n) is 6.15. The van der Waals surface area contributed by atoms with Crippen LogP contribution in [0.2, 0.25) is 0 Å². The predicted octanol–water partition coefficient (Wildman–Crippen LogP) is 7.66. The number of hydrogen-bond donors (Lipinski definition) is 3.